The lowest BCUT2D eigenvalue weighted by molar-refractivity contribution is -0.117. The summed E-state index contributed by atoms with van der Waals surface area (Å²) in [4.78, 5) is 18.4. The van der Waals surface area contributed by atoms with Crippen LogP contribution >= 0.6 is 11.6 Å². The van der Waals surface area contributed by atoms with E-state index in [9.17, 15) is 4.79 Å². The van der Waals surface area contributed by atoms with Crippen LogP contribution in [0.2, 0.25) is 5.02 Å². The number of hydrogen-bond acceptors (Lipinski definition) is 4. The molecule has 6 heteroatoms. The van der Waals surface area contributed by atoms with Crippen molar-refractivity contribution < 1.29 is 9.53 Å². The zero-order valence-electron chi connectivity index (χ0n) is 14.2. The molecule has 0 aliphatic heterocycles. The Morgan fingerprint density at radius 3 is 2.71 bits per heavy atom. The molecule has 1 heterocycles. The maximum absolute atomic E-state index is 12.1. The minimum Gasteiger partial charge on any atom is -0.495 e. The van der Waals surface area contributed by atoms with Gasteiger partial charge in [0.2, 0.25) is 5.91 Å². The lowest BCUT2D eigenvalue weighted by Crippen LogP contribution is -2.30. The fraction of sp³-hybridized carbons (Fsp3) is 0.333. The summed E-state index contributed by atoms with van der Waals surface area (Å²) in [5, 5.41) is 3.29. The molecule has 0 bridgehead atoms. The first kappa shape index (κ1) is 18.2. The molecular formula is C18H22ClN3O2. The highest BCUT2D eigenvalue weighted by molar-refractivity contribution is 6.32. The van der Waals surface area contributed by atoms with Crippen LogP contribution < -0.4 is 10.1 Å². The summed E-state index contributed by atoms with van der Waals surface area (Å²) >= 11 is 6.06. The van der Waals surface area contributed by atoms with Crippen molar-refractivity contribution in [1.82, 2.24) is 9.88 Å². The third-order valence-electron chi connectivity index (χ3n) is 3.58. The van der Waals surface area contributed by atoms with Crippen molar-refractivity contribution >= 4 is 23.2 Å². The summed E-state index contributed by atoms with van der Waals surface area (Å²) < 4.78 is 5.09. The summed E-state index contributed by atoms with van der Waals surface area (Å²) in [5.74, 6) is 0.470. The van der Waals surface area contributed by atoms with Gasteiger partial charge in [-0.05, 0) is 43.3 Å². The van der Waals surface area contributed by atoms with Gasteiger partial charge in [0.05, 0.1) is 24.4 Å². The average Bonchev–Trinajstić information content (AvgIpc) is 2.55. The maximum atomic E-state index is 12.1. The predicted octanol–water partition coefficient (Wildman–Crippen LogP) is 3.38. The summed E-state index contributed by atoms with van der Waals surface area (Å²) in [6, 6.07) is 9.21. The molecule has 1 amide bonds. The standard InChI is InChI=1S/C18H22ClN3O2/c1-4-13-5-6-15(20-10-13)11-22(2)12-18(23)21-14-7-8-17(24-3)16(19)9-14/h5-10H,4,11-12H2,1-3H3,(H,21,23). The quantitative estimate of drug-likeness (QED) is 0.834. The van der Waals surface area contributed by atoms with Gasteiger partial charge in [-0.1, -0.05) is 24.6 Å². The predicted molar refractivity (Wildman–Crippen MR) is 96.6 cm³/mol. The smallest absolute Gasteiger partial charge is 0.238 e. The van der Waals surface area contributed by atoms with Gasteiger partial charge in [0.25, 0.3) is 0 Å². The third kappa shape index (κ3) is 5.22. The zero-order valence-corrected chi connectivity index (χ0v) is 14.9. The highest BCUT2D eigenvalue weighted by Gasteiger charge is 2.09. The lowest BCUT2D eigenvalue weighted by atomic mass is 10.2. The number of halogens is 1. The van der Waals surface area contributed by atoms with Gasteiger partial charge in [-0.2, -0.15) is 0 Å². The summed E-state index contributed by atoms with van der Waals surface area (Å²) in [6.07, 6.45) is 2.85. The second kappa shape index (κ2) is 8.66. The van der Waals surface area contributed by atoms with E-state index in [-0.39, 0.29) is 12.5 Å². The molecule has 0 unspecified atom stereocenters. The van der Waals surface area contributed by atoms with Crippen LogP contribution in [0, 0.1) is 0 Å². The van der Waals surface area contributed by atoms with E-state index in [2.05, 4.69) is 23.3 Å². The number of aromatic nitrogens is 1. The number of nitrogens with one attached hydrogen (secondary N) is 1. The molecule has 2 rings (SSSR count). The Morgan fingerprint density at radius 1 is 1.33 bits per heavy atom. The minimum atomic E-state index is -0.107. The van der Waals surface area contributed by atoms with Crippen molar-refractivity contribution in [1.29, 1.82) is 0 Å². The van der Waals surface area contributed by atoms with Crippen LogP contribution in [0.4, 0.5) is 5.69 Å². The van der Waals surface area contributed by atoms with E-state index in [0.29, 0.717) is 23.0 Å². The highest BCUT2D eigenvalue weighted by atomic mass is 35.5. The molecule has 1 aromatic carbocycles. The maximum Gasteiger partial charge on any atom is 0.238 e. The van der Waals surface area contributed by atoms with Crippen LogP contribution in [0.15, 0.2) is 36.5 Å². The van der Waals surface area contributed by atoms with Crippen LogP contribution in [0.3, 0.4) is 0 Å². The Hall–Kier alpha value is -2.11. The van der Waals surface area contributed by atoms with Gasteiger partial charge in [-0.3, -0.25) is 14.7 Å². The number of aryl methyl sites for hydroxylation is 1. The first-order valence-corrected chi connectivity index (χ1v) is 8.15. The van der Waals surface area contributed by atoms with Crippen molar-refractivity contribution in [3.63, 3.8) is 0 Å². The normalized spacial score (nSPS) is 10.7. The molecular weight excluding hydrogens is 326 g/mol. The molecule has 0 aliphatic rings. The highest BCUT2D eigenvalue weighted by Crippen LogP contribution is 2.27. The second-order valence-electron chi connectivity index (χ2n) is 5.58. The molecule has 2 aromatic rings. The molecule has 24 heavy (non-hydrogen) atoms. The largest absolute Gasteiger partial charge is 0.495 e. The van der Waals surface area contributed by atoms with Gasteiger partial charge in [0.1, 0.15) is 5.75 Å². The Labute approximate surface area is 147 Å². The fourth-order valence-corrected chi connectivity index (χ4v) is 2.54. The number of anilines is 1. The Balaban J connectivity index is 1.87. The molecule has 0 saturated heterocycles. The monoisotopic (exact) mass is 347 g/mol. The number of carbonyl (C=O) groups is 1. The van der Waals surface area contributed by atoms with Crippen LogP contribution in [0.1, 0.15) is 18.2 Å². The molecule has 0 atom stereocenters. The van der Waals surface area contributed by atoms with Crippen molar-refractivity contribution in [3.05, 3.63) is 52.8 Å². The molecule has 128 valence electrons. The van der Waals surface area contributed by atoms with Crippen molar-refractivity contribution in [3.8, 4) is 5.75 Å². The summed E-state index contributed by atoms with van der Waals surface area (Å²) in [6.45, 7) is 2.97. The van der Waals surface area contributed by atoms with Crippen molar-refractivity contribution in [2.75, 3.05) is 26.0 Å². The topological polar surface area (TPSA) is 54.5 Å². The van der Waals surface area contributed by atoms with Crippen LogP contribution in [0.25, 0.3) is 0 Å². The SMILES string of the molecule is CCc1ccc(CN(C)CC(=O)Nc2ccc(OC)c(Cl)c2)nc1. The van der Waals surface area contributed by atoms with Gasteiger partial charge in [-0.25, -0.2) is 0 Å². The van der Waals surface area contributed by atoms with E-state index in [1.807, 2.05) is 24.2 Å². The summed E-state index contributed by atoms with van der Waals surface area (Å²) in [7, 11) is 3.44. The number of hydrogen-bond donors (Lipinski definition) is 1. The number of nitrogens with zero attached hydrogens (tertiary/aromatic N) is 2. The van der Waals surface area contributed by atoms with Gasteiger partial charge >= 0.3 is 0 Å². The molecule has 0 aliphatic carbocycles. The number of rotatable bonds is 7. The van der Waals surface area contributed by atoms with E-state index in [4.69, 9.17) is 16.3 Å². The Morgan fingerprint density at radius 2 is 2.12 bits per heavy atom. The third-order valence-corrected chi connectivity index (χ3v) is 3.87. The first-order valence-electron chi connectivity index (χ1n) is 7.77. The lowest BCUT2D eigenvalue weighted by Gasteiger charge is -2.16. The summed E-state index contributed by atoms with van der Waals surface area (Å²) in [5.41, 5.74) is 2.79. The van der Waals surface area contributed by atoms with Crippen molar-refractivity contribution in [2.45, 2.75) is 19.9 Å². The number of carbonyl (C=O) groups excluding carboxylic acids is 1. The van der Waals surface area contributed by atoms with Crippen LogP contribution in [-0.4, -0.2) is 36.5 Å². The average molecular weight is 348 g/mol. The van der Waals surface area contributed by atoms with Gasteiger partial charge in [-0.15, -0.1) is 0 Å². The fourth-order valence-electron chi connectivity index (χ4n) is 2.28. The number of ether oxygens (including phenoxy) is 1. The molecule has 0 spiro atoms. The molecule has 1 N–H and O–H groups in total. The number of pyridine rings is 1. The van der Waals surface area contributed by atoms with E-state index in [1.165, 1.54) is 5.56 Å². The Kier molecular flexibility index (Phi) is 6.58. The molecule has 0 fully saturated rings. The van der Waals surface area contributed by atoms with Gasteiger partial charge in [0, 0.05) is 18.4 Å². The number of amides is 1. The second-order valence-corrected chi connectivity index (χ2v) is 5.99. The number of likely N-dealkylation sites (N-methyl/N-ethyl adjacent to an activating group) is 1. The van der Waals surface area contributed by atoms with Gasteiger partial charge in [0.15, 0.2) is 0 Å². The molecule has 0 radical (unpaired) electrons. The van der Waals surface area contributed by atoms with E-state index in [1.54, 1.807) is 25.3 Å². The Bertz CT molecular complexity index is 689. The van der Waals surface area contributed by atoms with Crippen molar-refractivity contribution in [2.24, 2.45) is 0 Å². The van der Waals surface area contributed by atoms with Crippen LogP contribution in [0.5, 0.6) is 5.75 Å². The number of benzene rings is 1. The minimum absolute atomic E-state index is 0.107. The van der Waals surface area contributed by atoms with E-state index in [0.717, 1.165) is 12.1 Å². The molecule has 1 aromatic heterocycles. The van der Waals surface area contributed by atoms with E-state index < -0.39 is 0 Å². The van der Waals surface area contributed by atoms with Crippen LogP contribution in [-0.2, 0) is 17.8 Å². The molecule has 0 saturated carbocycles. The zero-order chi connectivity index (χ0) is 17.5. The first-order chi connectivity index (χ1) is 11.5. The van der Waals surface area contributed by atoms with Gasteiger partial charge < -0.3 is 10.1 Å². The van der Waals surface area contributed by atoms with E-state index >= 15 is 0 Å². The molecule has 5 nitrogen and oxygen atoms in total. The number of methoxy groups -OCH3 is 1.